The van der Waals surface area contributed by atoms with Gasteiger partial charge in [0.05, 0.1) is 0 Å². The predicted octanol–water partition coefficient (Wildman–Crippen LogP) is 1.94. The maximum atomic E-state index is 3.51. The minimum atomic E-state index is 0.882. The van der Waals surface area contributed by atoms with Gasteiger partial charge in [-0.2, -0.15) is 0 Å². The molecule has 0 amide bonds. The molecule has 3 heteroatoms. The van der Waals surface area contributed by atoms with E-state index in [1.165, 1.54) is 58.4 Å². The zero-order valence-electron chi connectivity index (χ0n) is 8.92. The first-order valence-corrected chi connectivity index (χ1v) is 7.04. The van der Waals surface area contributed by atoms with E-state index in [2.05, 4.69) is 25.7 Å². The summed E-state index contributed by atoms with van der Waals surface area (Å²) in [4.78, 5) is 5.35. The number of piperazine rings is 1. The van der Waals surface area contributed by atoms with Crippen molar-refractivity contribution in [3.8, 4) is 0 Å². The fourth-order valence-electron chi connectivity index (χ4n) is 2.71. The molecule has 14 heavy (non-hydrogen) atoms. The summed E-state index contributed by atoms with van der Waals surface area (Å²) < 4.78 is 0. The van der Waals surface area contributed by atoms with Crippen LogP contribution in [0.25, 0.3) is 0 Å². The lowest BCUT2D eigenvalue weighted by atomic mass is 9.99. The summed E-state index contributed by atoms with van der Waals surface area (Å²) in [5.74, 6) is 0. The average molecular weight is 261 g/mol. The number of alkyl halides is 1. The van der Waals surface area contributed by atoms with Crippen LogP contribution < -0.4 is 0 Å². The Balaban J connectivity index is 1.77. The minimum absolute atomic E-state index is 0.882. The van der Waals surface area contributed by atoms with Gasteiger partial charge in [0.25, 0.3) is 0 Å². The molecule has 0 spiro atoms. The van der Waals surface area contributed by atoms with Crippen molar-refractivity contribution in [2.75, 3.05) is 38.1 Å². The van der Waals surface area contributed by atoms with Crippen molar-refractivity contribution < 1.29 is 0 Å². The second-order valence-corrected chi connectivity index (χ2v) is 5.32. The summed E-state index contributed by atoms with van der Waals surface area (Å²) in [6, 6.07) is 0.882. The molecule has 2 heterocycles. The minimum Gasteiger partial charge on any atom is -0.300 e. The van der Waals surface area contributed by atoms with E-state index >= 15 is 0 Å². The van der Waals surface area contributed by atoms with Crippen LogP contribution in [0, 0.1) is 0 Å². The standard InChI is InChI=1S/C11H21BrN2/c12-5-3-6-13-8-9-14-7-2-1-4-11(14)10-13/h11H,1-10H2. The number of nitrogens with zero attached hydrogens (tertiary/aromatic N) is 2. The second kappa shape index (κ2) is 5.47. The van der Waals surface area contributed by atoms with E-state index in [1.807, 2.05) is 0 Å². The molecule has 0 aromatic carbocycles. The molecule has 2 fully saturated rings. The lowest BCUT2D eigenvalue weighted by Gasteiger charge is -2.44. The van der Waals surface area contributed by atoms with E-state index in [0.29, 0.717) is 0 Å². The third-order valence-corrected chi connectivity index (χ3v) is 4.09. The number of hydrogen-bond acceptors (Lipinski definition) is 2. The van der Waals surface area contributed by atoms with E-state index < -0.39 is 0 Å². The molecule has 2 saturated heterocycles. The Kier molecular flexibility index (Phi) is 4.26. The van der Waals surface area contributed by atoms with Crippen LogP contribution in [0.2, 0.25) is 0 Å². The Hall–Kier alpha value is 0.400. The van der Waals surface area contributed by atoms with E-state index in [-0.39, 0.29) is 0 Å². The maximum absolute atomic E-state index is 3.51. The first kappa shape index (κ1) is 10.9. The molecule has 0 bridgehead atoms. The average Bonchev–Trinajstić information content (AvgIpc) is 2.26. The molecule has 2 rings (SSSR count). The molecule has 0 saturated carbocycles. The Labute approximate surface area is 95.8 Å². The van der Waals surface area contributed by atoms with Crippen LogP contribution in [0.3, 0.4) is 0 Å². The molecular weight excluding hydrogens is 240 g/mol. The third-order valence-electron chi connectivity index (χ3n) is 3.53. The van der Waals surface area contributed by atoms with Gasteiger partial charge in [-0.1, -0.05) is 22.4 Å². The van der Waals surface area contributed by atoms with E-state index in [1.54, 1.807) is 0 Å². The van der Waals surface area contributed by atoms with Crippen LogP contribution in [-0.2, 0) is 0 Å². The van der Waals surface area contributed by atoms with Gasteiger partial charge in [-0.05, 0) is 32.4 Å². The number of piperidine rings is 1. The van der Waals surface area contributed by atoms with Crippen molar-refractivity contribution in [1.29, 1.82) is 0 Å². The first-order chi connectivity index (χ1) is 6.90. The molecule has 0 radical (unpaired) electrons. The SMILES string of the molecule is BrCCCN1CCN2CCCCC2C1. The van der Waals surface area contributed by atoms with E-state index in [4.69, 9.17) is 0 Å². The molecule has 82 valence electrons. The van der Waals surface area contributed by atoms with Crippen LogP contribution in [-0.4, -0.2) is 53.9 Å². The molecule has 0 N–H and O–H groups in total. The highest BCUT2D eigenvalue weighted by molar-refractivity contribution is 9.09. The molecule has 2 aliphatic heterocycles. The molecule has 0 aromatic rings. The molecule has 0 aromatic heterocycles. The molecule has 2 nitrogen and oxygen atoms in total. The van der Waals surface area contributed by atoms with Gasteiger partial charge in [-0.15, -0.1) is 0 Å². The number of fused-ring (bicyclic) bond motifs is 1. The molecule has 1 unspecified atom stereocenters. The second-order valence-electron chi connectivity index (χ2n) is 4.53. The van der Waals surface area contributed by atoms with Gasteiger partial charge in [0.2, 0.25) is 0 Å². The van der Waals surface area contributed by atoms with Crippen molar-refractivity contribution in [3.63, 3.8) is 0 Å². The monoisotopic (exact) mass is 260 g/mol. The van der Waals surface area contributed by atoms with Crippen molar-refractivity contribution >= 4 is 15.9 Å². The highest BCUT2D eigenvalue weighted by atomic mass is 79.9. The van der Waals surface area contributed by atoms with Gasteiger partial charge in [-0.3, -0.25) is 4.90 Å². The highest BCUT2D eigenvalue weighted by Crippen LogP contribution is 2.20. The first-order valence-electron chi connectivity index (χ1n) is 5.92. The number of halogens is 1. The van der Waals surface area contributed by atoms with Crippen molar-refractivity contribution in [2.45, 2.75) is 31.7 Å². The summed E-state index contributed by atoms with van der Waals surface area (Å²) in [6.45, 7) is 6.58. The predicted molar refractivity (Wildman–Crippen MR) is 64.1 cm³/mol. The number of hydrogen-bond donors (Lipinski definition) is 0. The van der Waals surface area contributed by atoms with Crippen LogP contribution in [0.15, 0.2) is 0 Å². The van der Waals surface area contributed by atoms with E-state index in [0.717, 1.165) is 11.4 Å². The van der Waals surface area contributed by atoms with Crippen molar-refractivity contribution in [1.82, 2.24) is 9.80 Å². The van der Waals surface area contributed by atoms with Crippen LogP contribution in [0.4, 0.5) is 0 Å². The smallest absolute Gasteiger partial charge is 0.0223 e. The van der Waals surface area contributed by atoms with Gasteiger partial charge in [0.1, 0.15) is 0 Å². The molecule has 0 aliphatic carbocycles. The van der Waals surface area contributed by atoms with Crippen molar-refractivity contribution in [2.24, 2.45) is 0 Å². The highest BCUT2D eigenvalue weighted by Gasteiger charge is 2.28. The van der Waals surface area contributed by atoms with Gasteiger partial charge in [-0.25, -0.2) is 0 Å². The summed E-state index contributed by atoms with van der Waals surface area (Å²) in [5.41, 5.74) is 0. The molecular formula is C11H21BrN2. The lowest BCUT2D eigenvalue weighted by Crippen LogP contribution is -2.54. The molecule has 2 aliphatic rings. The van der Waals surface area contributed by atoms with E-state index in [9.17, 15) is 0 Å². The zero-order chi connectivity index (χ0) is 9.80. The largest absolute Gasteiger partial charge is 0.300 e. The summed E-state index contributed by atoms with van der Waals surface area (Å²) >= 11 is 3.51. The van der Waals surface area contributed by atoms with Crippen LogP contribution in [0.1, 0.15) is 25.7 Å². The Morgan fingerprint density at radius 1 is 1.14 bits per heavy atom. The van der Waals surface area contributed by atoms with Crippen LogP contribution in [0.5, 0.6) is 0 Å². The fraction of sp³-hybridized carbons (Fsp3) is 1.00. The molecule has 1 atom stereocenters. The summed E-state index contributed by atoms with van der Waals surface area (Å²) in [7, 11) is 0. The Morgan fingerprint density at radius 2 is 2.07 bits per heavy atom. The third kappa shape index (κ3) is 2.71. The lowest BCUT2D eigenvalue weighted by molar-refractivity contribution is 0.0497. The van der Waals surface area contributed by atoms with Gasteiger partial charge >= 0.3 is 0 Å². The number of rotatable bonds is 3. The zero-order valence-corrected chi connectivity index (χ0v) is 10.5. The van der Waals surface area contributed by atoms with Gasteiger partial charge < -0.3 is 4.90 Å². The Bertz CT molecular complexity index is 175. The summed E-state index contributed by atoms with van der Waals surface area (Å²) in [6.07, 6.45) is 5.61. The topological polar surface area (TPSA) is 6.48 Å². The van der Waals surface area contributed by atoms with Gasteiger partial charge in [0.15, 0.2) is 0 Å². The van der Waals surface area contributed by atoms with Gasteiger partial charge in [0, 0.05) is 31.0 Å². The Morgan fingerprint density at radius 3 is 2.93 bits per heavy atom. The summed E-state index contributed by atoms with van der Waals surface area (Å²) in [5, 5.41) is 1.15. The quantitative estimate of drug-likeness (QED) is 0.716. The van der Waals surface area contributed by atoms with Crippen LogP contribution >= 0.6 is 15.9 Å². The fourth-order valence-corrected chi connectivity index (χ4v) is 2.96. The maximum Gasteiger partial charge on any atom is 0.0223 e. The van der Waals surface area contributed by atoms with Crippen molar-refractivity contribution in [3.05, 3.63) is 0 Å². The normalized spacial score (nSPS) is 30.2.